The predicted octanol–water partition coefficient (Wildman–Crippen LogP) is 2.55. The zero-order valence-electron chi connectivity index (χ0n) is 12.3. The Hall–Kier alpha value is -2.55. The average molecular weight is 377 g/mol. The van der Waals surface area contributed by atoms with Gasteiger partial charge in [0, 0.05) is 11.4 Å². The minimum Gasteiger partial charge on any atom is -0.358 e. The van der Waals surface area contributed by atoms with Gasteiger partial charge in [-0.15, -0.1) is 5.10 Å². The van der Waals surface area contributed by atoms with Crippen LogP contribution < -0.4 is 0 Å². The highest BCUT2D eigenvalue weighted by molar-refractivity contribution is 9.10. The predicted molar refractivity (Wildman–Crippen MR) is 86.0 cm³/mol. The summed E-state index contributed by atoms with van der Waals surface area (Å²) in [5.74, 6) is 0.514. The maximum atomic E-state index is 11.0. The van der Waals surface area contributed by atoms with Crippen molar-refractivity contribution in [3.05, 3.63) is 68.3 Å². The fourth-order valence-corrected chi connectivity index (χ4v) is 2.66. The van der Waals surface area contributed by atoms with Gasteiger partial charge in [-0.05, 0) is 16.6 Å². The summed E-state index contributed by atoms with van der Waals surface area (Å²) in [5.41, 5.74) is 1.72. The van der Waals surface area contributed by atoms with Crippen molar-refractivity contribution in [1.82, 2.24) is 24.5 Å². The van der Waals surface area contributed by atoms with Gasteiger partial charge >= 0.3 is 5.82 Å². The van der Waals surface area contributed by atoms with Crippen LogP contribution in [0.5, 0.6) is 0 Å². The zero-order chi connectivity index (χ0) is 16.4. The number of rotatable bonds is 5. The van der Waals surface area contributed by atoms with Crippen LogP contribution in [0.4, 0.5) is 5.82 Å². The second kappa shape index (κ2) is 6.29. The number of aromatic nitrogens is 5. The summed E-state index contributed by atoms with van der Waals surface area (Å²) in [5, 5.41) is 19.2. The van der Waals surface area contributed by atoms with Crippen molar-refractivity contribution in [2.24, 2.45) is 0 Å². The quantitative estimate of drug-likeness (QED) is 0.503. The minimum atomic E-state index is -0.453. The van der Waals surface area contributed by atoms with Crippen LogP contribution in [0.15, 0.2) is 41.1 Å². The molecule has 0 saturated heterocycles. The van der Waals surface area contributed by atoms with Gasteiger partial charge in [0.1, 0.15) is 18.4 Å². The standard InChI is InChI=1S/C14H13BrN6O2/c1-10-16-6-14(21(22)23)20(10)9-12-8-19(18-17-12)7-11-4-2-3-5-13(11)15/h2-6,8H,7,9H2,1H3. The lowest BCUT2D eigenvalue weighted by atomic mass is 10.2. The molecule has 0 fully saturated rings. The molecule has 0 aliphatic heterocycles. The summed E-state index contributed by atoms with van der Waals surface area (Å²) in [4.78, 5) is 14.5. The molecule has 9 heteroatoms. The summed E-state index contributed by atoms with van der Waals surface area (Å²) in [6.45, 7) is 2.55. The Bertz CT molecular complexity index is 857. The summed E-state index contributed by atoms with van der Waals surface area (Å²) in [6, 6.07) is 7.86. The minimum absolute atomic E-state index is 0.0529. The van der Waals surface area contributed by atoms with E-state index in [1.165, 1.54) is 10.8 Å². The van der Waals surface area contributed by atoms with Crippen LogP contribution in [0.2, 0.25) is 0 Å². The van der Waals surface area contributed by atoms with Crippen LogP contribution in [0.3, 0.4) is 0 Å². The molecule has 2 aromatic heterocycles. The maximum Gasteiger partial charge on any atom is 0.343 e. The van der Waals surface area contributed by atoms with E-state index in [0.29, 0.717) is 18.1 Å². The molecule has 3 aromatic rings. The van der Waals surface area contributed by atoms with E-state index in [4.69, 9.17) is 0 Å². The summed E-state index contributed by atoms with van der Waals surface area (Å²) >= 11 is 3.50. The number of nitro groups is 1. The van der Waals surface area contributed by atoms with Crippen LogP contribution in [0.1, 0.15) is 17.1 Å². The Balaban J connectivity index is 1.79. The molecule has 8 nitrogen and oxygen atoms in total. The van der Waals surface area contributed by atoms with Crippen LogP contribution in [-0.4, -0.2) is 29.5 Å². The van der Waals surface area contributed by atoms with Gasteiger partial charge in [-0.3, -0.25) is 0 Å². The van der Waals surface area contributed by atoms with Gasteiger partial charge in [0.25, 0.3) is 0 Å². The van der Waals surface area contributed by atoms with Crippen molar-refractivity contribution < 1.29 is 4.92 Å². The molecule has 0 bridgehead atoms. The SMILES string of the molecule is Cc1ncc([N+](=O)[O-])n1Cc1cn(Cc2ccccc2Br)nn1. The zero-order valence-corrected chi connectivity index (χ0v) is 13.8. The third-order valence-electron chi connectivity index (χ3n) is 3.42. The Morgan fingerprint density at radius 3 is 2.83 bits per heavy atom. The molecule has 0 amide bonds. The number of hydrogen-bond acceptors (Lipinski definition) is 5. The van der Waals surface area contributed by atoms with E-state index in [-0.39, 0.29) is 12.4 Å². The first-order chi connectivity index (χ1) is 11.0. The van der Waals surface area contributed by atoms with Crippen molar-refractivity contribution in [2.45, 2.75) is 20.0 Å². The third kappa shape index (κ3) is 3.29. The van der Waals surface area contributed by atoms with E-state index in [1.807, 2.05) is 24.3 Å². The highest BCUT2D eigenvalue weighted by atomic mass is 79.9. The van der Waals surface area contributed by atoms with E-state index in [2.05, 4.69) is 31.2 Å². The molecule has 0 aliphatic carbocycles. The lowest BCUT2D eigenvalue weighted by molar-refractivity contribution is -0.392. The molecule has 0 N–H and O–H groups in total. The largest absolute Gasteiger partial charge is 0.358 e. The van der Waals surface area contributed by atoms with Crippen LogP contribution in [-0.2, 0) is 13.1 Å². The maximum absolute atomic E-state index is 11.0. The molecule has 0 aliphatic rings. The van der Waals surface area contributed by atoms with Crippen LogP contribution in [0, 0.1) is 17.0 Å². The van der Waals surface area contributed by atoms with Gasteiger partial charge in [-0.1, -0.05) is 39.3 Å². The van der Waals surface area contributed by atoms with Gasteiger partial charge < -0.3 is 10.1 Å². The van der Waals surface area contributed by atoms with Gasteiger partial charge in [0.2, 0.25) is 0 Å². The normalized spacial score (nSPS) is 10.9. The molecule has 2 heterocycles. The number of imidazole rings is 1. The number of benzene rings is 1. The Morgan fingerprint density at radius 2 is 2.09 bits per heavy atom. The van der Waals surface area contributed by atoms with Crippen molar-refractivity contribution in [1.29, 1.82) is 0 Å². The van der Waals surface area contributed by atoms with Gasteiger partial charge in [0.15, 0.2) is 5.82 Å². The average Bonchev–Trinajstić information content (AvgIpc) is 3.10. The van der Waals surface area contributed by atoms with E-state index in [9.17, 15) is 10.1 Å². The fraction of sp³-hybridized carbons (Fsp3) is 0.214. The number of halogens is 1. The molecule has 0 atom stereocenters. The second-order valence-electron chi connectivity index (χ2n) is 5.01. The van der Waals surface area contributed by atoms with Crippen molar-refractivity contribution in [3.63, 3.8) is 0 Å². The molecule has 0 saturated carbocycles. The monoisotopic (exact) mass is 376 g/mol. The number of nitrogens with zero attached hydrogens (tertiary/aromatic N) is 6. The van der Waals surface area contributed by atoms with Gasteiger partial charge in [0.05, 0.1) is 12.7 Å². The highest BCUT2D eigenvalue weighted by Gasteiger charge is 2.19. The lowest BCUT2D eigenvalue weighted by Gasteiger charge is -2.03. The summed E-state index contributed by atoms with van der Waals surface area (Å²) in [6.07, 6.45) is 3.03. The van der Waals surface area contributed by atoms with E-state index in [0.717, 1.165) is 10.0 Å². The molecule has 0 radical (unpaired) electrons. The lowest BCUT2D eigenvalue weighted by Crippen LogP contribution is -2.06. The third-order valence-corrected chi connectivity index (χ3v) is 4.19. The first-order valence-electron chi connectivity index (χ1n) is 6.83. The molecule has 3 rings (SSSR count). The number of aryl methyl sites for hydroxylation is 1. The molecule has 23 heavy (non-hydrogen) atoms. The fourth-order valence-electron chi connectivity index (χ4n) is 2.25. The first-order valence-corrected chi connectivity index (χ1v) is 7.63. The topological polar surface area (TPSA) is 91.7 Å². The molecule has 0 spiro atoms. The van der Waals surface area contributed by atoms with E-state index >= 15 is 0 Å². The van der Waals surface area contributed by atoms with Crippen molar-refractivity contribution >= 4 is 21.7 Å². The molecule has 1 aromatic carbocycles. The Kier molecular flexibility index (Phi) is 4.20. The van der Waals surface area contributed by atoms with Crippen molar-refractivity contribution in [2.75, 3.05) is 0 Å². The molecule has 0 unspecified atom stereocenters. The van der Waals surface area contributed by atoms with Crippen LogP contribution in [0.25, 0.3) is 0 Å². The van der Waals surface area contributed by atoms with Gasteiger partial charge in [-0.2, -0.15) is 0 Å². The van der Waals surface area contributed by atoms with Crippen molar-refractivity contribution in [3.8, 4) is 0 Å². The van der Waals surface area contributed by atoms with E-state index < -0.39 is 4.92 Å². The molecule has 118 valence electrons. The molecular formula is C14H13BrN6O2. The Labute approximate surface area is 140 Å². The second-order valence-corrected chi connectivity index (χ2v) is 5.86. The number of hydrogen-bond donors (Lipinski definition) is 0. The highest BCUT2D eigenvalue weighted by Crippen LogP contribution is 2.18. The van der Waals surface area contributed by atoms with Crippen LogP contribution >= 0.6 is 15.9 Å². The first kappa shape index (κ1) is 15.3. The summed E-state index contributed by atoms with van der Waals surface area (Å²) in [7, 11) is 0. The smallest absolute Gasteiger partial charge is 0.343 e. The Morgan fingerprint density at radius 1 is 1.30 bits per heavy atom. The van der Waals surface area contributed by atoms with E-state index in [1.54, 1.807) is 17.8 Å². The molecular weight excluding hydrogens is 364 g/mol. The summed E-state index contributed by atoms with van der Waals surface area (Å²) < 4.78 is 4.21. The van der Waals surface area contributed by atoms with Gasteiger partial charge in [-0.25, -0.2) is 14.2 Å².